The van der Waals surface area contributed by atoms with E-state index in [1.807, 2.05) is 0 Å². The van der Waals surface area contributed by atoms with E-state index in [1.54, 1.807) is 0 Å². The zero-order valence-electron chi connectivity index (χ0n) is 4.13. The lowest BCUT2D eigenvalue weighted by atomic mass is 10.3. The van der Waals surface area contributed by atoms with Crippen LogP contribution in [0.2, 0.25) is 0 Å². The van der Waals surface area contributed by atoms with Gasteiger partial charge in [0.25, 0.3) is 0 Å². The number of rotatable bonds is 0. The molecular weight excluding hydrogens is 110 g/mol. The van der Waals surface area contributed by atoms with Crippen LogP contribution in [0.25, 0.3) is 0 Å². The normalized spacial score (nSPS) is 42.0. The summed E-state index contributed by atoms with van der Waals surface area (Å²) in [5, 5.41) is 0. The summed E-state index contributed by atoms with van der Waals surface area (Å²) < 4.78 is 8.85. The van der Waals surface area contributed by atoms with E-state index in [0.717, 1.165) is 17.9 Å². The molecule has 0 aromatic heterocycles. The maximum Gasteiger partial charge on any atom is 0.156 e. The van der Waals surface area contributed by atoms with Crippen LogP contribution in [0.15, 0.2) is 0 Å². The van der Waals surface area contributed by atoms with Gasteiger partial charge < -0.3 is 5.73 Å². The van der Waals surface area contributed by atoms with E-state index in [-0.39, 0.29) is 17.2 Å². The van der Waals surface area contributed by atoms with Crippen LogP contribution in [-0.2, 0) is 11.2 Å². The van der Waals surface area contributed by atoms with Crippen molar-refractivity contribution in [2.75, 3.05) is 11.5 Å². The highest BCUT2D eigenvalue weighted by Gasteiger charge is 2.28. The molecule has 1 heterocycles. The molecule has 0 amide bonds. The lowest BCUT2D eigenvalue weighted by Gasteiger charge is -1.87. The second-order valence-corrected chi connectivity index (χ2v) is 3.55. The summed E-state index contributed by atoms with van der Waals surface area (Å²) >= 11 is -0.328. The van der Waals surface area contributed by atoms with Crippen molar-refractivity contribution in [3.63, 3.8) is 0 Å². The largest absolute Gasteiger partial charge is 0.323 e. The van der Waals surface area contributed by atoms with Crippen LogP contribution in [0.5, 0.6) is 0 Å². The van der Waals surface area contributed by atoms with Gasteiger partial charge in [-0.05, 0) is 0 Å². The molecule has 1 aliphatic rings. The Morgan fingerprint density at radius 2 is 2.43 bits per heavy atom. The topological polar surface area (TPSA) is 46.2 Å². The third kappa shape index (κ3) is 1.33. The first-order valence-electron chi connectivity index (χ1n) is 2.41. The Bertz CT molecular complexity index is 60.7. The molecule has 3 N–H and O–H groups in total. The van der Waals surface area contributed by atoms with E-state index in [1.165, 1.54) is 0 Å². The van der Waals surface area contributed by atoms with E-state index in [2.05, 4.69) is 0 Å². The monoisotopic (exact) mass is 120 g/mol. The van der Waals surface area contributed by atoms with Crippen molar-refractivity contribution in [2.45, 2.75) is 12.5 Å². The average molecular weight is 120 g/mol. The van der Waals surface area contributed by atoms with E-state index in [4.69, 9.17) is 10.3 Å². The maximum atomic E-state index is 8.85. The molecule has 1 unspecified atom stereocenters. The highest BCUT2D eigenvalue weighted by atomic mass is 32.2. The highest BCUT2D eigenvalue weighted by Crippen LogP contribution is 2.07. The molecule has 42 valence electrons. The Morgan fingerprint density at radius 1 is 1.71 bits per heavy atom. The summed E-state index contributed by atoms with van der Waals surface area (Å²) in [6, 6.07) is 0.285. The Labute approximate surface area is 46.3 Å². The summed E-state index contributed by atoms with van der Waals surface area (Å²) in [5.74, 6) is 1.77. The van der Waals surface area contributed by atoms with Crippen molar-refractivity contribution >= 4 is 11.2 Å². The fourth-order valence-corrected chi connectivity index (χ4v) is 2.10. The molecule has 3 heteroatoms. The molecule has 7 heavy (non-hydrogen) atoms. The Hall–Kier alpha value is 0.270. The molecule has 0 aliphatic carbocycles. The Balaban J connectivity index is 2.26. The molecule has 0 aromatic rings. The zero-order valence-corrected chi connectivity index (χ0v) is 4.95. The molecular formula is C4H10NOS+. The molecule has 0 bridgehead atoms. The van der Waals surface area contributed by atoms with Crippen molar-refractivity contribution in [2.24, 2.45) is 5.73 Å². The minimum Gasteiger partial charge on any atom is -0.323 e. The highest BCUT2D eigenvalue weighted by molar-refractivity contribution is 7.91. The second-order valence-electron chi connectivity index (χ2n) is 1.88. The van der Waals surface area contributed by atoms with Gasteiger partial charge in [-0.15, -0.1) is 0 Å². The van der Waals surface area contributed by atoms with Gasteiger partial charge in [-0.1, -0.05) is 0 Å². The maximum absolute atomic E-state index is 8.85. The fourth-order valence-electron chi connectivity index (χ4n) is 0.701. The van der Waals surface area contributed by atoms with Crippen molar-refractivity contribution in [3.05, 3.63) is 0 Å². The summed E-state index contributed by atoms with van der Waals surface area (Å²) in [4.78, 5) is 0. The van der Waals surface area contributed by atoms with Gasteiger partial charge in [-0.25, -0.2) is 0 Å². The number of hydrogen-bond donors (Lipinski definition) is 2. The van der Waals surface area contributed by atoms with E-state index >= 15 is 0 Å². The average Bonchev–Trinajstić information content (AvgIpc) is 1.87. The molecule has 1 fully saturated rings. The lowest BCUT2D eigenvalue weighted by Crippen LogP contribution is -2.20. The van der Waals surface area contributed by atoms with Crippen molar-refractivity contribution in [1.82, 2.24) is 0 Å². The van der Waals surface area contributed by atoms with E-state index in [9.17, 15) is 0 Å². The molecule has 0 radical (unpaired) electrons. The smallest absolute Gasteiger partial charge is 0.156 e. The van der Waals surface area contributed by atoms with Gasteiger partial charge in [0.15, 0.2) is 5.75 Å². The van der Waals surface area contributed by atoms with Crippen LogP contribution in [0.1, 0.15) is 6.42 Å². The minimum absolute atomic E-state index is 0.285. The molecule has 0 aromatic carbocycles. The molecule has 2 nitrogen and oxygen atoms in total. The Morgan fingerprint density at radius 3 is 2.57 bits per heavy atom. The van der Waals surface area contributed by atoms with Gasteiger partial charge in [0.05, 0.1) is 6.04 Å². The van der Waals surface area contributed by atoms with Crippen LogP contribution in [0.3, 0.4) is 0 Å². The minimum atomic E-state index is -0.328. The zero-order chi connectivity index (χ0) is 5.28. The quantitative estimate of drug-likeness (QED) is 0.435. The van der Waals surface area contributed by atoms with Gasteiger partial charge in [0, 0.05) is 6.42 Å². The van der Waals surface area contributed by atoms with Gasteiger partial charge in [-0.2, -0.15) is 4.55 Å². The summed E-state index contributed by atoms with van der Waals surface area (Å²) in [6.45, 7) is 0. The molecule has 1 saturated heterocycles. The van der Waals surface area contributed by atoms with Crippen LogP contribution in [0.4, 0.5) is 0 Å². The number of nitrogens with two attached hydrogens (primary N) is 1. The van der Waals surface area contributed by atoms with Crippen molar-refractivity contribution in [1.29, 1.82) is 0 Å². The predicted octanol–water partition coefficient (Wildman–Crippen LogP) is -0.191. The summed E-state index contributed by atoms with van der Waals surface area (Å²) in [5.41, 5.74) is 5.47. The Kier molecular flexibility index (Phi) is 1.57. The first kappa shape index (κ1) is 5.41. The van der Waals surface area contributed by atoms with Gasteiger partial charge in [0.1, 0.15) is 16.9 Å². The SMILES string of the molecule is N[C@@H]1CC[S+](O)C1. The second kappa shape index (κ2) is 2.03. The first-order valence-corrected chi connectivity index (χ1v) is 3.93. The predicted molar refractivity (Wildman–Crippen MR) is 32.3 cm³/mol. The third-order valence-electron chi connectivity index (χ3n) is 1.13. The summed E-state index contributed by atoms with van der Waals surface area (Å²) in [7, 11) is 0. The van der Waals surface area contributed by atoms with Gasteiger partial charge in [-0.3, -0.25) is 0 Å². The van der Waals surface area contributed by atoms with Gasteiger partial charge in [0.2, 0.25) is 0 Å². The van der Waals surface area contributed by atoms with Crippen molar-refractivity contribution in [3.8, 4) is 0 Å². The third-order valence-corrected chi connectivity index (χ3v) is 2.65. The van der Waals surface area contributed by atoms with Crippen LogP contribution in [0, 0.1) is 0 Å². The van der Waals surface area contributed by atoms with Crippen LogP contribution in [-0.4, -0.2) is 22.1 Å². The lowest BCUT2D eigenvalue weighted by molar-refractivity contribution is 0.644. The molecule has 0 saturated carbocycles. The first-order chi connectivity index (χ1) is 3.29. The molecule has 1 rings (SSSR count). The molecule has 0 spiro atoms. The summed E-state index contributed by atoms with van der Waals surface area (Å²) in [6.07, 6.45) is 1.01. The van der Waals surface area contributed by atoms with Gasteiger partial charge >= 0.3 is 0 Å². The van der Waals surface area contributed by atoms with Crippen LogP contribution >= 0.6 is 0 Å². The standard InChI is InChI=1S/C4H10NOS/c5-4-1-2-7(6)3-4/h4,6H,1-3,5H2/q+1/t4-,7?/m1/s1. The fraction of sp³-hybridized carbons (Fsp3) is 1.00. The van der Waals surface area contributed by atoms with Crippen LogP contribution < -0.4 is 5.73 Å². The van der Waals surface area contributed by atoms with E-state index in [0.29, 0.717) is 0 Å². The molecule has 2 atom stereocenters. The van der Waals surface area contributed by atoms with E-state index < -0.39 is 0 Å². The number of hydrogen-bond acceptors (Lipinski definition) is 2. The van der Waals surface area contributed by atoms with Crippen molar-refractivity contribution < 1.29 is 4.55 Å². The molecule has 1 aliphatic heterocycles.